The number of aromatic nitrogens is 6. The number of para-hydroxylation sites is 1. The summed E-state index contributed by atoms with van der Waals surface area (Å²) in [6, 6.07) is 9.25. The molecule has 0 aliphatic rings. The van der Waals surface area contributed by atoms with Gasteiger partial charge in [-0.1, -0.05) is 12.1 Å². The van der Waals surface area contributed by atoms with Gasteiger partial charge in [-0.05, 0) is 57.0 Å². The maximum atomic E-state index is 13.8. The Morgan fingerprint density at radius 3 is 2.43 bits per heavy atom. The lowest BCUT2D eigenvalue weighted by Crippen LogP contribution is -2.30. The van der Waals surface area contributed by atoms with Crippen LogP contribution in [-0.2, 0) is 20.3 Å². The topological polar surface area (TPSA) is 122 Å². The molecule has 0 fully saturated rings. The molecule has 3 heterocycles. The second-order valence-corrected chi connectivity index (χ2v) is 11.0. The van der Waals surface area contributed by atoms with E-state index in [-0.39, 0.29) is 11.6 Å². The van der Waals surface area contributed by atoms with Crippen molar-refractivity contribution in [3.05, 3.63) is 77.9 Å². The molecule has 3 aromatic heterocycles. The Bertz CT molecular complexity index is 1460. The molecule has 0 aliphatic carbocycles. The Kier molecular flexibility index (Phi) is 7.94. The molecule has 2 atom stereocenters. The van der Waals surface area contributed by atoms with Crippen LogP contribution in [0.2, 0.25) is 0 Å². The lowest BCUT2D eigenvalue weighted by molar-refractivity contribution is 0.0556. The first kappa shape index (κ1) is 26.4. The summed E-state index contributed by atoms with van der Waals surface area (Å²) in [6.45, 7) is 7.51. The van der Waals surface area contributed by atoms with Crippen molar-refractivity contribution in [2.24, 2.45) is 0 Å². The number of pyridine rings is 1. The van der Waals surface area contributed by atoms with Crippen molar-refractivity contribution < 1.29 is 17.9 Å². The van der Waals surface area contributed by atoms with Gasteiger partial charge in [-0.25, -0.2) is 18.4 Å². The van der Waals surface area contributed by atoms with Crippen LogP contribution < -0.4 is 4.74 Å². The number of hydrogen-bond acceptors (Lipinski definition) is 9. The number of methoxy groups -OCH3 is 1. The Balaban J connectivity index is 1.80. The number of rotatable bonds is 10. The third-order valence-corrected chi connectivity index (χ3v) is 8.06. The van der Waals surface area contributed by atoms with Crippen molar-refractivity contribution in [2.75, 3.05) is 13.7 Å². The first-order valence-corrected chi connectivity index (χ1v) is 13.6. The highest BCUT2D eigenvalue weighted by Crippen LogP contribution is 2.33. The fourth-order valence-corrected chi connectivity index (χ4v) is 5.45. The Labute approximate surface area is 216 Å². The molecule has 0 spiro atoms. The van der Waals surface area contributed by atoms with Crippen molar-refractivity contribution in [1.82, 2.24) is 29.7 Å². The van der Waals surface area contributed by atoms with E-state index >= 15 is 0 Å². The van der Waals surface area contributed by atoms with E-state index in [2.05, 4.69) is 25.1 Å². The number of sulfone groups is 1. The molecule has 1 aromatic carbocycles. The fraction of sp³-hybridized carbons (Fsp3) is 0.346. The van der Waals surface area contributed by atoms with Crippen LogP contribution in [0.5, 0.6) is 5.75 Å². The van der Waals surface area contributed by atoms with Crippen molar-refractivity contribution in [1.29, 1.82) is 0 Å². The molecule has 194 valence electrons. The van der Waals surface area contributed by atoms with Crippen LogP contribution in [0.3, 0.4) is 0 Å². The van der Waals surface area contributed by atoms with Crippen LogP contribution in [0.25, 0.3) is 17.1 Å². The van der Waals surface area contributed by atoms with Gasteiger partial charge in [-0.15, -0.1) is 10.2 Å². The molecule has 4 aromatic rings. The normalized spacial score (nSPS) is 13.3. The van der Waals surface area contributed by atoms with Crippen LogP contribution in [-0.4, -0.2) is 57.1 Å². The Morgan fingerprint density at radius 2 is 1.78 bits per heavy atom. The average Bonchev–Trinajstić information content (AvgIpc) is 3.30. The number of hydrogen-bond donors (Lipinski definition) is 0. The molecule has 0 saturated heterocycles. The van der Waals surface area contributed by atoms with Crippen molar-refractivity contribution in [3.8, 4) is 22.8 Å². The van der Waals surface area contributed by atoms with Gasteiger partial charge in [0.2, 0.25) is 0 Å². The van der Waals surface area contributed by atoms with Crippen LogP contribution in [0.1, 0.15) is 42.7 Å². The maximum Gasteiger partial charge on any atom is 0.170 e. The first-order chi connectivity index (χ1) is 17.8. The maximum absolute atomic E-state index is 13.8. The second-order valence-electron chi connectivity index (χ2n) is 8.65. The Hall–Kier alpha value is -3.70. The highest BCUT2D eigenvalue weighted by molar-refractivity contribution is 7.91. The molecular weight excluding hydrogens is 492 g/mol. The van der Waals surface area contributed by atoms with E-state index in [9.17, 15) is 8.42 Å². The van der Waals surface area contributed by atoms with Crippen molar-refractivity contribution in [2.45, 2.75) is 44.8 Å². The number of ether oxygens (including phenoxy) is 2. The van der Waals surface area contributed by atoms with E-state index < -0.39 is 21.2 Å². The minimum Gasteiger partial charge on any atom is -0.495 e. The molecule has 0 radical (unpaired) electrons. The largest absolute Gasteiger partial charge is 0.495 e. The summed E-state index contributed by atoms with van der Waals surface area (Å²) < 4.78 is 40.7. The average molecular weight is 523 g/mol. The van der Waals surface area contributed by atoms with Gasteiger partial charge in [-0.2, -0.15) is 0 Å². The first-order valence-electron chi connectivity index (χ1n) is 11.9. The minimum atomic E-state index is -3.81. The monoisotopic (exact) mass is 522 g/mol. The molecule has 0 aliphatic heterocycles. The van der Waals surface area contributed by atoms with Gasteiger partial charge < -0.3 is 9.47 Å². The van der Waals surface area contributed by atoms with E-state index in [1.165, 1.54) is 0 Å². The molecule has 0 amide bonds. The zero-order valence-corrected chi connectivity index (χ0v) is 22.3. The molecule has 0 bridgehead atoms. The van der Waals surface area contributed by atoms with Gasteiger partial charge in [0.15, 0.2) is 27.3 Å². The summed E-state index contributed by atoms with van der Waals surface area (Å²) in [4.78, 5) is 12.8. The standard InChI is InChI=1S/C26H30N6O4S/c1-6-36-24(25-28-13-17(2)14-29-25)19(4)37(33,34)16-22-30-31-26(20-10-8-12-27-15-20)32(22)23-18(3)9-7-11-21(23)35-5/h7-15,19,24H,6,16H2,1-5H3/t19-,24-/m1/s1. The van der Waals surface area contributed by atoms with E-state index in [1.807, 2.05) is 45.0 Å². The van der Waals surface area contributed by atoms with Gasteiger partial charge in [-0.3, -0.25) is 9.55 Å². The van der Waals surface area contributed by atoms with Crippen molar-refractivity contribution >= 4 is 9.84 Å². The predicted octanol–water partition coefficient (Wildman–Crippen LogP) is 3.83. The van der Waals surface area contributed by atoms with Crippen molar-refractivity contribution in [3.63, 3.8) is 0 Å². The lowest BCUT2D eigenvalue weighted by Gasteiger charge is -2.23. The smallest absolute Gasteiger partial charge is 0.170 e. The highest BCUT2D eigenvalue weighted by atomic mass is 32.2. The summed E-state index contributed by atoms with van der Waals surface area (Å²) in [5.41, 5.74) is 3.10. The summed E-state index contributed by atoms with van der Waals surface area (Å²) in [7, 11) is -2.24. The second kappa shape index (κ2) is 11.1. The summed E-state index contributed by atoms with van der Waals surface area (Å²) in [6.07, 6.45) is 5.78. The predicted molar refractivity (Wildman–Crippen MR) is 139 cm³/mol. The fourth-order valence-electron chi connectivity index (χ4n) is 4.06. The molecule has 10 nitrogen and oxygen atoms in total. The molecule has 0 unspecified atom stereocenters. The summed E-state index contributed by atoms with van der Waals surface area (Å²) in [5, 5.41) is 7.75. The van der Waals surface area contributed by atoms with E-state index in [0.29, 0.717) is 35.3 Å². The number of benzene rings is 1. The molecule has 37 heavy (non-hydrogen) atoms. The van der Waals surface area contributed by atoms with Crippen LogP contribution >= 0.6 is 0 Å². The van der Waals surface area contributed by atoms with Gasteiger partial charge in [0.05, 0.1) is 18.0 Å². The van der Waals surface area contributed by atoms with E-state index in [1.54, 1.807) is 49.5 Å². The molecule has 4 rings (SSSR count). The minimum absolute atomic E-state index is 0.248. The van der Waals surface area contributed by atoms with Gasteiger partial charge in [0, 0.05) is 37.0 Å². The van der Waals surface area contributed by atoms with Gasteiger partial charge >= 0.3 is 0 Å². The quantitative estimate of drug-likeness (QED) is 0.306. The van der Waals surface area contributed by atoms with Gasteiger partial charge in [0.25, 0.3) is 0 Å². The lowest BCUT2D eigenvalue weighted by atomic mass is 10.1. The zero-order chi connectivity index (χ0) is 26.6. The molecule has 11 heteroatoms. The number of nitrogens with zero attached hydrogens (tertiary/aromatic N) is 6. The molecule has 0 N–H and O–H groups in total. The van der Waals surface area contributed by atoms with E-state index in [0.717, 1.165) is 11.1 Å². The van der Waals surface area contributed by atoms with Gasteiger partial charge in [0.1, 0.15) is 17.6 Å². The summed E-state index contributed by atoms with van der Waals surface area (Å²) in [5.74, 6) is 1.22. The third-order valence-electron chi connectivity index (χ3n) is 6.02. The van der Waals surface area contributed by atoms with Crippen LogP contribution in [0, 0.1) is 13.8 Å². The Morgan fingerprint density at radius 1 is 1.03 bits per heavy atom. The highest BCUT2D eigenvalue weighted by Gasteiger charge is 2.35. The SMILES string of the molecule is CCO[C@@H](c1ncc(C)cn1)[C@@H](C)S(=O)(=O)Cc1nnc(-c2cccnc2)n1-c1c(C)cccc1OC. The zero-order valence-electron chi connectivity index (χ0n) is 21.5. The number of aryl methyl sites for hydroxylation is 2. The summed E-state index contributed by atoms with van der Waals surface area (Å²) >= 11 is 0. The third kappa shape index (κ3) is 5.52. The molecule has 0 saturated carbocycles. The van der Waals surface area contributed by atoms with E-state index in [4.69, 9.17) is 9.47 Å². The molecular formula is C26H30N6O4S. The van der Waals surface area contributed by atoms with Crippen LogP contribution in [0.15, 0.2) is 55.1 Å². The van der Waals surface area contributed by atoms with Crippen LogP contribution in [0.4, 0.5) is 0 Å².